The summed E-state index contributed by atoms with van der Waals surface area (Å²) in [7, 11) is 0. The fourth-order valence-electron chi connectivity index (χ4n) is 1.02. The number of primary amides is 1. The van der Waals surface area contributed by atoms with E-state index in [0.29, 0.717) is 4.47 Å². The summed E-state index contributed by atoms with van der Waals surface area (Å²) in [5.41, 5.74) is 10.1. The highest BCUT2D eigenvalue weighted by molar-refractivity contribution is 9.10. The molecular weight excluding hydrogens is 294 g/mol. The molecule has 0 bridgehead atoms. The summed E-state index contributed by atoms with van der Waals surface area (Å²) >= 11 is 3.11. The third-order valence-electron chi connectivity index (χ3n) is 1.90. The molecule has 0 radical (unpaired) electrons. The molecule has 1 aromatic carbocycles. The summed E-state index contributed by atoms with van der Waals surface area (Å²) in [6.45, 7) is -0.211. The Kier molecular flexibility index (Phi) is 4.41. The first-order valence-electron chi connectivity index (χ1n) is 4.53. The van der Waals surface area contributed by atoms with Crippen molar-refractivity contribution in [1.82, 2.24) is 0 Å². The minimum absolute atomic E-state index is 0.0369. The fourth-order valence-corrected chi connectivity index (χ4v) is 1.37. The highest BCUT2D eigenvalue weighted by Gasteiger charge is 2.17. The van der Waals surface area contributed by atoms with Crippen LogP contribution in [-0.4, -0.2) is 23.5 Å². The van der Waals surface area contributed by atoms with Gasteiger partial charge in [-0.1, -0.05) is 15.9 Å². The molecule has 0 fully saturated rings. The highest BCUT2D eigenvalue weighted by Crippen LogP contribution is 2.29. The van der Waals surface area contributed by atoms with Crippen molar-refractivity contribution in [2.45, 2.75) is 6.04 Å². The van der Waals surface area contributed by atoms with Crippen molar-refractivity contribution in [3.63, 3.8) is 0 Å². The molecule has 0 aromatic heterocycles. The number of carbonyl (C=O) groups is 1. The van der Waals surface area contributed by atoms with Crippen molar-refractivity contribution >= 4 is 27.5 Å². The van der Waals surface area contributed by atoms with Crippen LogP contribution in [0.5, 0.6) is 5.75 Å². The smallest absolute Gasteiger partial charge is 0.312 e. The topological polar surface area (TPSA) is 121 Å². The first kappa shape index (κ1) is 13.4. The Labute approximate surface area is 105 Å². The third kappa shape index (κ3) is 3.68. The van der Waals surface area contributed by atoms with Gasteiger partial charge in [0.15, 0.2) is 5.75 Å². The van der Waals surface area contributed by atoms with E-state index < -0.39 is 16.9 Å². The lowest BCUT2D eigenvalue weighted by Gasteiger charge is -2.10. The second kappa shape index (κ2) is 5.60. The average molecular weight is 304 g/mol. The Bertz CT molecular complexity index is 452. The molecule has 1 unspecified atom stereocenters. The number of ether oxygens (including phenoxy) is 1. The van der Waals surface area contributed by atoms with Crippen molar-refractivity contribution in [1.29, 1.82) is 0 Å². The van der Waals surface area contributed by atoms with Gasteiger partial charge in [-0.25, -0.2) is 0 Å². The molecule has 7 nitrogen and oxygen atoms in total. The minimum atomic E-state index is -1.00. The minimum Gasteiger partial charge on any atom is -0.485 e. The molecule has 1 aromatic rings. The van der Waals surface area contributed by atoms with Gasteiger partial charge in [0.1, 0.15) is 12.6 Å². The molecule has 1 atom stereocenters. The van der Waals surface area contributed by atoms with Crippen LogP contribution in [0.2, 0.25) is 0 Å². The van der Waals surface area contributed by atoms with Gasteiger partial charge in [0.25, 0.3) is 0 Å². The maximum atomic E-state index is 10.7. The Balaban J connectivity index is 2.84. The summed E-state index contributed by atoms with van der Waals surface area (Å²) in [6.07, 6.45) is 0. The van der Waals surface area contributed by atoms with Gasteiger partial charge in [-0.2, -0.15) is 0 Å². The molecule has 0 aliphatic carbocycles. The molecule has 0 saturated carbocycles. The number of hydrogen-bond donors (Lipinski definition) is 2. The first-order valence-corrected chi connectivity index (χ1v) is 5.32. The van der Waals surface area contributed by atoms with Crippen LogP contribution < -0.4 is 16.2 Å². The number of amides is 1. The van der Waals surface area contributed by atoms with E-state index in [9.17, 15) is 14.9 Å². The number of carbonyl (C=O) groups excluding carboxylic acids is 1. The molecule has 0 aliphatic rings. The van der Waals surface area contributed by atoms with Crippen molar-refractivity contribution in [2.24, 2.45) is 11.5 Å². The van der Waals surface area contributed by atoms with Crippen molar-refractivity contribution in [3.8, 4) is 5.75 Å². The molecule has 8 heteroatoms. The van der Waals surface area contributed by atoms with Crippen molar-refractivity contribution in [2.75, 3.05) is 6.61 Å². The quantitative estimate of drug-likeness (QED) is 0.607. The van der Waals surface area contributed by atoms with Gasteiger partial charge in [0, 0.05) is 10.5 Å². The van der Waals surface area contributed by atoms with Crippen LogP contribution in [0.25, 0.3) is 0 Å². The monoisotopic (exact) mass is 303 g/mol. The summed E-state index contributed by atoms with van der Waals surface area (Å²) in [4.78, 5) is 20.8. The van der Waals surface area contributed by atoms with Gasteiger partial charge in [-0.15, -0.1) is 0 Å². The number of benzene rings is 1. The number of nitrogens with zero attached hydrogens (tertiary/aromatic N) is 1. The zero-order valence-corrected chi connectivity index (χ0v) is 10.2. The summed E-state index contributed by atoms with van der Waals surface area (Å²) in [5.74, 6) is -0.695. The molecule has 0 saturated heterocycles. The van der Waals surface area contributed by atoms with Gasteiger partial charge in [0.2, 0.25) is 5.91 Å². The zero-order valence-electron chi connectivity index (χ0n) is 8.63. The summed E-state index contributed by atoms with van der Waals surface area (Å²) < 4.78 is 5.64. The van der Waals surface area contributed by atoms with Crippen molar-refractivity contribution in [3.05, 3.63) is 32.8 Å². The number of nitro groups is 1. The predicted molar refractivity (Wildman–Crippen MR) is 63.5 cm³/mol. The maximum absolute atomic E-state index is 10.7. The lowest BCUT2D eigenvalue weighted by Crippen LogP contribution is -2.41. The average Bonchev–Trinajstić information content (AvgIpc) is 2.26. The molecule has 0 heterocycles. The standard InChI is InChI=1S/C9H10BrN3O4/c10-5-1-2-8(7(3-5)13(15)16)17-4-6(11)9(12)14/h1-3,6H,4,11H2,(H2,12,14). The Morgan fingerprint density at radius 2 is 2.24 bits per heavy atom. The largest absolute Gasteiger partial charge is 0.485 e. The second-order valence-electron chi connectivity index (χ2n) is 3.19. The van der Waals surface area contributed by atoms with Crippen LogP contribution in [0.1, 0.15) is 0 Å². The summed E-state index contributed by atoms with van der Waals surface area (Å²) in [6, 6.07) is 3.29. The number of halogens is 1. The van der Waals surface area contributed by atoms with E-state index in [1.807, 2.05) is 0 Å². The van der Waals surface area contributed by atoms with Gasteiger partial charge in [-0.05, 0) is 12.1 Å². The number of hydrogen-bond acceptors (Lipinski definition) is 5. The Morgan fingerprint density at radius 1 is 1.59 bits per heavy atom. The molecule has 1 amide bonds. The van der Waals surface area contributed by atoms with Crippen LogP contribution in [0.3, 0.4) is 0 Å². The van der Waals surface area contributed by atoms with Crippen LogP contribution in [0, 0.1) is 10.1 Å². The zero-order chi connectivity index (χ0) is 13.0. The Morgan fingerprint density at radius 3 is 2.76 bits per heavy atom. The van der Waals surface area contributed by atoms with Crippen molar-refractivity contribution < 1.29 is 14.5 Å². The Hall–Kier alpha value is -1.67. The van der Waals surface area contributed by atoms with Gasteiger partial charge in [0.05, 0.1) is 4.92 Å². The van der Waals surface area contributed by atoms with E-state index in [1.165, 1.54) is 12.1 Å². The molecule has 0 spiro atoms. The normalized spacial score (nSPS) is 11.9. The van der Waals surface area contributed by atoms with Gasteiger partial charge >= 0.3 is 5.69 Å². The molecule has 17 heavy (non-hydrogen) atoms. The first-order chi connectivity index (χ1) is 7.91. The van der Waals surface area contributed by atoms with Crippen LogP contribution >= 0.6 is 15.9 Å². The van der Waals surface area contributed by atoms with E-state index in [0.717, 1.165) is 0 Å². The van der Waals surface area contributed by atoms with E-state index >= 15 is 0 Å². The van der Waals surface area contributed by atoms with E-state index in [4.69, 9.17) is 16.2 Å². The van der Waals surface area contributed by atoms with E-state index in [2.05, 4.69) is 15.9 Å². The molecule has 92 valence electrons. The molecule has 1 rings (SSSR count). The molecule has 4 N–H and O–H groups in total. The molecule has 0 aliphatic heterocycles. The van der Waals surface area contributed by atoms with Crippen LogP contribution in [0.4, 0.5) is 5.69 Å². The lowest BCUT2D eigenvalue weighted by molar-refractivity contribution is -0.385. The third-order valence-corrected chi connectivity index (χ3v) is 2.39. The van der Waals surface area contributed by atoms with E-state index in [-0.39, 0.29) is 18.0 Å². The summed E-state index contributed by atoms with van der Waals surface area (Å²) in [5, 5.41) is 10.7. The fraction of sp³-hybridized carbons (Fsp3) is 0.222. The number of rotatable bonds is 5. The number of nitro benzene ring substituents is 1. The van der Waals surface area contributed by atoms with Crippen LogP contribution in [-0.2, 0) is 4.79 Å². The highest BCUT2D eigenvalue weighted by atomic mass is 79.9. The van der Waals surface area contributed by atoms with Crippen LogP contribution in [0.15, 0.2) is 22.7 Å². The number of nitrogens with two attached hydrogens (primary N) is 2. The predicted octanol–water partition coefficient (Wildman–Crippen LogP) is 0.549. The second-order valence-corrected chi connectivity index (χ2v) is 4.10. The molecular formula is C9H10BrN3O4. The maximum Gasteiger partial charge on any atom is 0.312 e. The van der Waals surface area contributed by atoms with Gasteiger partial charge in [-0.3, -0.25) is 14.9 Å². The van der Waals surface area contributed by atoms with E-state index in [1.54, 1.807) is 6.07 Å². The van der Waals surface area contributed by atoms with Gasteiger partial charge < -0.3 is 16.2 Å². The lowest BCUT2D eigenvalue weighted by atomic mass is 10.3. The SMILES string of the molecule is NC(=O)C(N)COc1ccc(Br)cc1[N+](=O)[O-].